The largest absolute Gasteiger partial charge is 0.345 e. The third-order valence-electron chi connectivity index (χ3n) is 6.19. The Hall–Kier alpha value is -2.85. The van der Waals surface area contributed by atoms with Crippen LogP contribution in [0.5, 0.6) is 0 Å². The van der Waals surface area contributed by atoms with Crippen molar-refractivity contribution >= 4 is 10.9 Å². The van der Waals surface area contributed by atoms with Crippen LogP contribution in [0.2, 0.25) is 0 Å². The van der Waals surface area contributed by atoms with Crippen LogP contribution in [0.1, 0.15) is 60.7 Å². The van der Waals surface area contributed by atoms with Crippen LogP contribution >= 0.6 is 0 Å². The average molecular weight is 416 g/mol. The zero-order chi connectivity index (χ0) is 22.0. The van der Waals surface area contributed by atoms with E-state index in [2.05, 4.69) is 84.3 Å². The summed E-state index contributed by atoms with van der Waals surface area (Å²) in [6.45, 7) is 9.87. The standard InChI is InChI=1S/C27H33N3O/c1-18(2)30-17-19(3)26-22(11-8-12-25(26)30)15-28-16-24-23(13-20(4)29-27(24)31)14-21-9-6-5-7-10-21/h5-6,8-9,11-13,17-18,28H,7,10,14-16H2,1-4H3,(H,29,31). The van der Waals surface area contributed by atoms with Gasteiger partial charge in [0.25, 0.3) is 5.56 Å². The number of aromatic nitrogens is 2. The second kappa shape index (κ2) is 9.11. The van der Waals surface area contributed by atoms with Crippen LogP contribution in [-0.4, -0.2) is 9.55 Å². The van der Waals surface area contributed by atoms with E-state index < -0.39 is 0 Å². The van der Waals surface area contributed by atoms with Gasteiger partial charge in [-0.1, -0.05) is 35.9 Å². The lowest BCUT2D eigenvalue weighted by Crippen LogP contribution is -2.24. The van der Waals surface area contributed by atoms with Gasteiger partial charge < -0.3 is 14.9 Å². The van der Waals surface area contributed by atoms with Crippen LogP contribution in [0.3, 0.4) is 0 Å². The van der Waals surface area contributed by atoms with Gasteiger partial charge in [0.1, 0.15) is 0 Å². The van der Waals surface area contributed by atoms with E-state index >= 15 is 0 Å². The summed E-state index contributed by atoms with van der Waals surface area (Å²) in [6.07, 6.45) is 11.8. The monoisotopic (exact) mass is 415 g/mol. The molecule has 1 aromatic carbocycles. The Morgan fingerprint density at radius 2 is 2.00 bits per heavy atom. The average Bonchev–Trinajstić information content (AvgIpc) is 3.08. The van der Waals surface area contributed by atoms with Gasteiger partial charge in [0.05, 0.1) is 0 Å². The second-order valence-electron chi connectivity index (χ2n) is 8.98. The van der Waals surface area contributed by atoms with Crippen molar-refractivity contribution in [2.24, 2.45) is 0 Å². The Balaban J connectivity index is 1.56. The van der Waals surface area contributed by atoms with Gasteiger partial charge in [-0.2, -0.15) is 0 Å². The first kappa shape index (κ1) is 21.4. The van der Waals surface area contributed by atoms with E-state index in [1.54, 1.807) is 0 Å². The molecular weight excluding hydrogens is 382 g/mol. The summed E-state index contributed by atoms with van der Waals surface area (Å²) in [6, 6.07) is 9.07. The van der Waals surface area contributed by atoms with Gasteiger partial charge in [-0.25, -0.2) is 0 Å². The summed E-state index contributed by atoms with van der Waals surface area (Å²) in [5.74, 6) is 0. The third-order valence-corrected chi connectivity index (χ3v) is 6.19. The molecule has 4 nitrogen and oxygen atoms in total. The van der Waals surface area contributed by atoms with Crippen molar-refractivity contribution in [2.45, 2.75) is 66.1 Å². The maximum Gasteiger partial charge on any atom is 0.252 e. The predicted octanol–water partition coefficient (Wildman–Crippen LogP) is 5.64. The van der Waals surface area contributed by atoms with E-state index in [0.717, 1.165) is 42.6 Å². The minimum Gasteiger partial charge on any atom is -0.345 e. The Kier molecular flexibility index (Phi) is 6.28. The van der Waals surface area contributed by atoms with Crippen LogP contribution in [0.15, 0.2) is 59.1 Å². The van der Waals surface area contributed by atoms with Crippen molar-refractivity contribution in [3.05, 3.63) is 92.6 Å². The number of rotatable bonds is 7. The molecular formula is C27H33N3O. The minimum atomic E-state index is 0.0230. The molecule has 4 heteroatoms. The van der Waals surface area contributed by atoms with Gasteiger partial charge in [-0.15, -0.1) is 0 Å². The predicted molar refractivity (Wildman–Crippen MR) is 130 cm³/mol. The summed E-state index contributed by atoms with van der Waals surface area (Å²) in [4.78, 5) is 15.7. The lowest BCUT2D eigenvalue weighted by molar-refractivity contribution is 0.621. The molecule has 2 N–H and O–H groups in total. The number of nitrogens with one attached hydrogen (secondary N) is 2. The van der Waals surface area contributed by atoms with Crippen LogP contribution in [0.4, 0.5) is 0 Å². The fourth-order valence-electron chi connectivity index (χ4n) is 4.68. The smallest absolute Gasteiger partial charge is 0.252 e. The Bertz CT molecular complexity index is 1210. The van der Waals surface area contributed by atoms with Crippen molar-refractivity contribution in [1.29, 1.82) is 0 Å². The molecule has 0 amide bonds. The van der Waals surface area contributed by atoms with Crippen molar-refractivity contribution < 1.29 is 0 Å². The van der Waals surface area contributed by atoms with Crippen LogP contribution in [0.25, 0.3) is 10.9 Å². The number of H-pyrrole nitrogens is 1. The van der Waals surface area contributed by atoms with Gasteiger partial charge in [0.2, 0.25) is 0 Å². The normalized spacial score (nSPS) is 13.9. The summed E-state index contributed by atoms with van der Waals surface area (Å²) in [7, 11) is 0. The molecule has 0 bridgehead atoms. The highest BCUT2D eigenvalue weighted by molar-refractivity contribution is 5.87. The molecule has 0 radical (unpaired) electrons. The van der Waals surface area contributed by atoms with E-state index in [-0.39, 0.29) is 5.56 Å². The molecule has 3 aromatic rings. The zero-order valence-corrected chi connectivity index (χ0v) is 19.1. The van der Waals surface area contributed by atoms with Crippen LogP contribution < -0.4 is 10.9 Å². The molecule has 31 heavy (non-hydrogen) atoms. The number of hydrogen-bond acceptors (Lipinski definition) is 2. The van der Waals surface area contributed by atoms with Crippen molar-refractivity contribution in [3.63, 3.8) is 0 Å². The summed E-state index contributed by atoms with van der Waals surface area (Å²) in [5.41, 5.74) is 8.18. The highest BCUT2D eigenvalue weighted by atomic mass is 16.1. The fourth-order valence-corrected chi connectivity index (χ4v) is 4.68. The fraction of sp³-hybridized carbons (Fsp3) is 0.370. The van der Waals surface area contributed by atoms with E-state index in [1.165, 1.54) is 27.6 Å². The minimum absolute atomic E-state index is 0.0230. The number of fused-ring (bicyclic) bond motifs is 1. The maximum atomic E-state index is 12.8. The zero-order valence-electron chi connectivity index (χ0n) is 19.1. The van der Waals surface area contributed by atoms with Crippen molar-refractivity contribution in [2.75, 3.05) is 0 Å². The molecule has 1 aliphatic carbocycles. The van der Waals surface area contributed by atoms with E-state index in [1.807, 2.05) is 6.92 Å². The molecule has 1 aliphatic rings. The number of benzene rings is 1. The number of aryl methyl sites for hydroxylation is 2. The molecule has 0 aliphatic heterocycles. The first-order chi connectivity index (χ1) is 14.9. The summed E-state index contributed by atoms with van der Waals surface area (Å²) < 4.78 is 2.34. The molecule has 4 rings (SSSR count). The molecule has 0 spiro atoms. The molecule has 0 saturated heterocycles. The highest BCUT2D eigenvalue weighted by Crippen LogP contribution is 2.27. The van der Waals surface area contributed by atoms with Gasteiger partial charge in [-0.3, -0.25) is 4.79 Å². The maximum absolute atomic E-state index is 12.8. The van der Waals surface area contributed by atoms with Gasteiger partial charge in [0, 0.05) is 47.5 Å². The third kappa shape index (κ3) is 4.59. The molecule has 0 atom stereocenters. The highest BCUT2D eigenvalue weighted by Gasteiger charge is 2.14. The van der Waals surface area contributed by atoms with E-state index in [9.17, 15) is 4.79 Å². The Morgan fingerprint density at radius 1 is 1.16 bits per heavy atom. The molecule has 162 valence electrons. The number of allylic oxidation sites excluding steroid dienone is 4. The summed E-state index contributed by atoms with van der Waals surface area (Å²) in [5, 5.41) is 4.87. The number of aromatic amines is 1. The summed E-state index contributed by atoms with van der Waals surface area (Å²) >= 11 is 0. The quantitative estimate of drug-likeness (QED) is 0.525. The molecule has 2 heterocycles. The van der Waals surface area contributed by atoms with Gasteiger partial charge in [0.15, 0.2) is 0 Å². The van der Waals surface area contributed by atoms with Crippen LogP contribution in [-0.2, 0) is 19.5 Å². The van der Waals surface area contributed by atoms with Gasteiger partial charge >= 0.3 is 0 Å². The van der Waals surface area contributed by atoms with E-state index in [0.29, 0.717) is 12.6 Å². The molecule has 2 aromatic heterocycles. The van der Waals surface area contributed by atoms with Crippen molar-refractivity contribution in [1.82, 2.24) is 14.9 Å². The molecule has 0 fully saturated rings. The van der Waals surface area contributed by atoms with Crippen LogP contribution in [0, 0.1) is 13.8 Å². The first-order valence-electron chi connectivity index (χ1n) is 11.3. The van der Waals surface area contributed by atoms with Crippen molar-refractivity contribution in [3.8, 4) is 0 Å². The lowest BCUT2D eigenvalue weighted by Gasteiger charge is -2.15. The number of nitrogens with zero attached hydrogens (tertiary/aromatic N) is 1. The number of pyridine rings is 1. The molecule has 0 saturated carbocycles. The Labute approximate surface area is 184 Å². The molecule has 0 unspecified atom stereocenters. The SMILES string of the molecule is Cc1cc(CC2=CC=CCC2)c(CNCc2cccc3c2c(C)cn3C(C)C)c(=O)[nH]1. The topological polar surface area (TPSA) is 49.8 Å². The van der Waals surface area contributed by atoms with E-state index in [4.69, 9.17) is 0 Å². The first-order valence-corrected chi connectivity index (χ1v) is 11.3. The second-order valence-corrected chi connectivity index (χ2v) is 8.98. The number of hydrogen-bond donors (Lipinski definition) is 2. The Morgan fingerprint density at radius 3 is 2.74 bits per heavy atom. The lowest BCUT2D eigenvalue weighted by atomic mass is 9.95. The van der Waals surface area contributed by atoms with Gasteiger partial charge in [-0.05, 0) is 75.8 Å².